The Morgan fingerprint density at radius 2 is 0.677 bits per heavy atom. The van der Waals surface area contributed by atoms with E-state index in [0.717, 1.165) is 77.0 Å². The Labute approximate surface area is 404 Å². The minimum Gasteiger partial charge on any atom is -0.394 e. The van der Waals surface area contributed by atoms with E-state index in [1.54, 1.807) is 0 Å². The Balaban J connectivity index is 3.51. The second kappa shape index (κ2) is 55.6. The summed E-state index contributed by atoms with van der Waals surface area (Å²) < 4.78 is 0. The topological polar surface area (TPSA) is 69.6 Å². The van der Waals surface area contributed by atoms with Gasteiger partial charge in [-0.25, -0.2) is 0 Å². The quantitative estimate of drug-likeness (QED) is 0.0421. The lowest BCUT2D eigenvalue weighted by atomic mass is 10.0. The van der Waals surface area contributed by atoms with Gasteiger partial charge in [0.1, 0.15) is 0 Å². The molecule has 0 aliphatic carbocycles. The fraction of sp³-hybridized carbons (Fsp3) is 0.721. The van der Waals surface area contributed by atoms with Gasteiger partial charge in [-0.2, -0.15) is 0 Å². The van der Waals surface area contributed by atoms with Crippen LogP contribution < -0.4 is 5.32 Å². The molecule has 374 valence electrons. The molecule has 4 heteroatoms. The number of rotatable bonds is 50. The minimum atomic E-state index is -0.663. The van der Waals surface area contributed by atoms with Crippen LogP contribution in [-0.2, 0) is 4.79 Å². The van der Waals surface area contributed by atoms with Gasteiger partial charge in [-0.1, -0.05) is 278 Å². The van der Waals surface area contributed by atoms with Crippen LogP contribution in [-0.4, -0.2) is 34.9 Å². The van der Waals surface area contributed by atoms with Crippen LogP contribution in [0.5, 0.6) is 0 Å². The van der Waals surface area contributed by atoms with E-state index in [-0.39, 0.29) is 12.5 Å². The lowest BCUT2D eigenvalue weighted by Crippen LogP contribution is -2.45. The first-order chi connectivity index (χ1) is 32.2. The number of aliphatic hydroxyl groups excluding tert-OH is 2. The molecule has 0 saturated heterocycles. The number of hydrogen-bond donors (Lipinski definition) is 3. The molecule has 2 unspecified atom stereocenters. The third-order valence-electron chi connectivity index (χ3n) is 12.4. The number of allylic oxidation sites excluding steroid dienone is 16. The van der Waals surface area contributed by atoms with Crippen LogP contribution in [0.1, 0.15) is 264 Å². The molecule has 2 atom stereocenters. The summed E-state index contributed by atoms with van der Waals surface area (Å²) in [7, 11) is 0. The van der Waals surface area contributed by atoms with Gasteiger partial charge in [-0.05, 0) is 77.0 Å². The maximum absolute atomic E-state index is 12.5. The molecule has 0 radical (unpaired) electrons. The number of carbonyl (C=O) groups is 1. The predicted molar refractivity (Wildman–Crippen MR) is 290 cm³/mol. The normalized spacial score (nSPS) is 13.6. The van der Waals surface area contributed by atoms with Crippen LogP contribution >= 0.6 is 0 Å². The summed E-state index contributed by atoms with van der Waals surface area (Å²) >= 11 is 0. The van der Waals surface area contributed by atoms with Gasteiger partial charge in [0.25, 0.3) is 0 Å². The molecule has 0 aliphatic rings. The molecule has 4 nitrogen and oxygen atoms in total. The smallest absolute Gasteiger partial charge is 0.220 e. The summed E-state index contributed by atoms with van der Waals surface area (Å²) in [6.07, 6.45) is 82.4. The fourth-order valence-electron chi connectivity index (χ4n) is 8.14. The minimum absolute atomic E-state index is 0.0340. The van der Waals surface area contributed by atoms with Crippen molar-refractivity contribution in [2.75, 3.05) is 6.61 Å². The number of nitrogens with one attached hydrogen (secondary N) is 1. The molecule has 0 fully saturated rings. The Bertz CT molecular complexity index is 1210. The van der Waals surface area contributed by atoms with E-state index in [0.29, 0.717) is 12.8 Å². The Hall–Kier alpha value is -2.69. The molecule has 1 amide bonds. The lowest BCUT2D eigenvalue weighted by Gasteiger charge is -2.22. The first-order valence-corrected chi connectivity index (χ1v) is 27.9. The molecule has 0 bridgehead atoms. The molecule has 0 rings (SSSR count). The average Bonchev–Trinajstić information content (AvgIpc) is 3.31. The van der Waals surface area contributed by atoms with E-state index in [4.69, 9.17) is 0 Å². The van der Waals surface area contributed by atoms with Crippen LogP contribution in [0.4, 0.5) is 0 Å². The zero-order valence-electron chi connectivity index (χ0n) is 43.0. The van der Waals surface area contributed by atoms with Gasteiger partial charge in [-0.15, -0.1) is 0 Å². The monoisotopic (exact) mass is 902 g/mol. The molecule has 0 aromatic rings. The second-order valence-corrected chi connectivity index (χ2v) is 18.6. The molecule has 0 aromatic heterocycles. The van der Waals surface area contributed by atoms with E-state index in [9.17, 15) is 15.0 Å². The predicted octanol–water partition coefficient (Wildman–Crippen LogP) is 18.5. The largest absolute Gasteiger partial charge is 0.394 e. The van der Waals surface area contributed by atoms with Crippen molar-refractivity contribution < 1.29 is 15.0 Å². The van der Waals surface area contributed by atoms with Crippen molar-refractivity contribution in [2.45, 2.75) is 276 Å². The summed E-state index contributed by atoms with van der Waals surface area (Å²) in [5, 5.41) is 23.3. The Morgan fingerprint density at radius 1 is 0.385 bits per heavy atom. The van der Waals surface area contributed by atoms with Crippen LogP contribution in [0.2, 0.25) is 0 Å². The van der Waals surface area contributed by atoms with Crippen LogP contribution in [0, 0.1) is 0 Å². The third-order valence-corrected chi connectivity index (χ3v) is 12.4. The highest BCUT2D eigenvalue weighted by molar-refractivity contribution is 5.76. The first kappa shape index (κ1) is 62.3. The third kappa shape index (κ3) is 52.1. The van der Waals surface area contributed by atoms with Gasteiger partial charge < -0.3 is 15.5 Å². The molecule has 0 saturated carbocycles. The van der Waals surface area contributed by atoms with Gasteiger partial charge in [0.15, 0.2) is 0 Å². The zero-order chi connectivity index (χ0) is 47.0. The summed E-state index contributed by atoms with van der Waals surface area (Å²) in [5.74, 6) is -0.0340. The van der Waals surface area contributed by atoms with E-state index in [1.165, 1.54) is 161 Å². The summed E-state index contributed by atoms with van der Waals surface area (Å²) in [6.45, 7) is 4.25. The number of amides is 1. The van der Waals surface area contributed by atoms with E-state index in [2.05, 4.69) is 116 Å². The highest BCUT2D eigenvalue weighted by Gasteiger charge is 2.20. The summed E-state index contributed by atoms with van der Waals surface area (Å²) in [6, 6.07) is -0.540. The maximum atomic E-state index is 12.5. The average molecular weight is 903 g/mol. The maximum Gasteiger partial charge on any atom is 0.220 e. The van der Waals surface area contributed by atoms with Crippen molar-refractivity contribution in [3.8, 4) is 0 Å². The highest BCUT2D eigenvalue weighted by Crippen LogP contribution is 2.16. The standard InChI is InChI=1S/C61H107NO3/c1-3-5-7-9-11-13-15-17-19-20-21-22-23-24-25-26-27-28-29-30-31-32-33-34-35-36-37-38-39-40-41-42-43-45-47-49-51-53-55-57-61(65)62-59(58-63)60(64)56-54-52-50-48-46-44-18-16-14-12-10-8-6-4-2/h5,7,11,13,17,19,21-22,24-25,27-28,30-31,33-34,59-60,63-64H,3-4,6,8-10,12,14-16,18,20,23,26,29,32,35-58H2,1-2H3,(H,62,65)/b7-5-,13-11-,19-17-,22-21-,25-24-,28-27-,31-30-,34-33-. The zero-order valence-corrected chi connectivity index (χ0v) is 43.0. The number of carbonyl (C=O) groups excluding carboxylic acids is 1. The van der Waals surface area contributed by atoms with Gasteiger partial charge in [0.2, 0.25) is 5.91 Å². The van der Waals surface area contributed by atoms with E-state index < -0.39 is 12.1 Å². The SMILES string of the molecule is CC/C=C\C/C=C\C/C=C\C/C=C\C/C=C\C/C=C\C/C=C\C/C=C\CCCCCCCCCCCCCCCCC(=O)NC(CO)C(O)CCCCCCCCCCCCCCCC. The van der Waals surface area contributed by atoms with E-state index in [1.807, 2.05) is 0 Å². The highest BCUT2D eigenvalue weighted by atomic mass is 16.3. The van der Waals surface area contributed by atoms with Gasteiger partial charge in [0, 0.05) is 6.42 Å². The molecule has 3 N–H and O–H groups in total. The second-order valence-electron chi connectivity index (χ2n) is 18.6. The molecular weight excluding hydrogens is 795 g/mol. The number of hydrogen-bond acceptors (Lipinski definition) is 3. The van der Waals surface area contributed by atoms with Gasteiger partial charge in [0.05, 0.1) is 18.8 Å². The van der Waals surface area contributed by atoms with Gasteiger partial charge in [-0.3, -0.25) is 4.79 Å². The molecule has 0 aromatic carbocycles. The van der Waals surface area contributed by atoms with Gasteiger partial charge >= 0.3 is 0 Å². The summed E-state index contributed by atoms with van der Waals surface area (Å²) in [5.41, 5.74) is 0. The van der Waals surface area contributed by atoms with Crippen molar-refractivity contribution in [2.24, 2.45) is 0 Å². The van der Waals surface area contributed by atoms with Crippen molar-refractivity contribution in [3.63, 3.8) is 0 Å². The van der Waals surface area contributed by atoms with Crippen molar-refractivity contribution in [1.29, 1.82) is 0 Å². The van der Waals surface area contributed by atoms with Crippen LogP contribution in [0.3, 0.4) is 0 Å². The molecule has 0 aliphatic heterocycles. The molecule has 0 heterocycles. The number of unbranched alkanes of at least 4 members (excludes halogenated alkanes) is 27. The molecular formula is C61H107NO3. The fourth-order valence-corrected chi connectivity index (χ4v) is 8.14. The van der Waals surface area contributed by atoms with Crippen LogP contribution in [0.25, 0.3) is 0 Å². The first-order valence-electron chi connectivity index (χ1n) is 27.9. The van der Waals surface area contributed by atoms with Crippen molar-refractivity contribution in [1.82, 2.24) is 5.32 Å². The van der Waals surface area contributed by atoms with Crippen molar-refractivity contribution >= 4 is 5.91 Å². The lowest BCUT2D eigenvalue weighted by molar-refractivity contribution is -0.123. The summed E-state index contributed by atoms with van der Waals surface area (Å²) in [4.78, 5) is 12.5. The van der Waals surface area contributed by atoms with Crippen LogP contribution in [0.15, 0.2) is 97.2 Å². The molecule has 0 spiro atoms. The molecule has 65 heavy (non-hydrogen) atoms. The number of aliphatic hydroxyl groups is 2. The Morgan fingerprint density at radius 3 is 1.02 bits per heavy atom. The van der Waals surface area contributed by atoms with E-state index >= 15 is 0 Å². The Kier molecular flexibility index (Phi) is 53.3. The van der Waals surface area contributed by atoms with Crippen molar-refractivity contribution in [3.05, 3.63) is 97.2 Å².